The van der Waals surface area contributed by atoms with Gasteiger partial charge in [0.2, 0.25) is 0 Å². The van der Waals surface area contributed by atoms with Crippen LogP contribution < -0.4 is 5.32 Å². The predicted molar refractivity (Wildman–Crippen MR) is 74.5 cm³/mol. The monoisotopic (exact) mass is 269 g/mol. The van der Waals surface area contributed by atoms with Crippen LogP contribution >= 0.6 is 0 Å². The van der Waals surface area contributed by atoms with Gasteiger partial charge >= 0.3 is 5.97 Å². The highest BCUT2D eigenvalue weighted by molar-refractivity contribution is 5.86. The van der Waals surface area contributed by atoms with Gasteiger partial charge in [0.15, 0.2) is 5.69 Å². The summed E-state index contributed by atoms with van der Waals surface area (Å²) in [5, 5.41) is 11.2. The minimum absolute atomic E-state index is 0.213. The number of ether oxygens (including phenoxy) is 1. The van der Waals surface area contributed by atoms with Crippen LogP contribution in [-0.4, -0.2) is 23.3 Å². The Morgan fingerprint density at radius 3 is 2.85 bits per heavy atom. The molecule has 5 heteroatoms. The highest BCUT2D eigenvalue weighted by atomic mass is 16.5. The molecule has 0 bridgehead atoms. The van der Waals surface area contributed by atoms with E-state index in [1.54, 1.807) is 12.1 Å². The van der Waals surface area contributed by atoms with Crippen LogP contribution in [-0.2, 0) is 11.2 Å². The van der Waals surface area contributed by atoms with Crippen LogP contribution in [0.2, 0.25) is 0 Å². The molecule has 20 heavy (non-hydrogen) atoms. The molecule has 102 valence electrons. The van der Waals surface area contributed by atoms with E-state index in [-0.39, 0.29) is 11.7 Å². The number of rotatable bonds is 3. The Labute approximate surface area is 117 Å². The number of hydrogen-bond donors (Lipinski definition) is 1. The molecule has 1 heterocycles. The normalized spacial score (nSPS) is 16.6. The number of esters is 1. The number of carbonyl (C=O) groups excluding carboxylic acids is 1. The summed E-state index contributed by atoms with van der Waals surface area (Å²) >= 11 is 0. The van der Waals surface area contributed by atoms with Gasteiger partial charge < -0.3 is 10.1 Å². The third-order valence-corrected chi connectivity index (χ3v) is 3.51. The molecule has 3 rings (SSSR count). The maximum Gasteiger partial charge on any atom is 0.358 e. The van der Waals surface area contributed by atoms with Crippen molar-refractivity contribution in [3.8, 4) is 0 Å². The van der Waals surface area contributed by atoms with E-state index in [4.69, 9.17) is 0 Å². The fraction of sp³-hybridized carbons (Fsp3) is 0.267. The number of anilines is 1. The summed E-state index contributed by atoms with van der Waals surface area (Å²) in [5.74, 6) is 0.189. The number of methoxy groups -OCH3 is 1. The molecule has 1 aromatic heterocycles. The molecule has 0 saturated carbocycles. The maximum absolute atomic E-state index is 11.3. The number of benzene rings is 1. The molecule has 1 N–H and O–H groups in total. The number of aromatic nitrogens is 2. The summed E-state index contributed by atoms with van der Waals surface area (Å²) in [5.41, 5.74) is 2.90. The van der Waals surface area contributed by atoms with Crippen molar-refractivity contribution in [2.45, 2.75) is 18.9 Å². The Hall–Kier alpha value is -2.43. The van der Waals surface area contributed by atoms with Crippen molar-refractivity contribution in [3.63, 3.8) is 0 Å². The van der Waals surface area contributed by atoms with Gasteiger partial charge in [-0.05, 0) is 36.1 Å². The van der Waals surface area contributed by atoms with E-state index in [1.165, 1.54) is 18.2 Å². The van der Waals surface area contributed by atoms with E-state index < -0.39 is 5.97 Å². The first-order valence-electron chi connectivity index (χ1n) is 6.54. The number of carbonyl (C=O) groups is 1. The number of hydrogen-bond acceptors (Lipinski definition) is 5. The van der Waals surface area contributed by atoms with E-state index in [9.17, 15) is 4.79 Å². The second-order valence-corrected chi connectivity index (χ2v) is 4.73. The van der Waals surface area contributed by atoms with Crippen LogP contribution in [0, 0.1) is 0 Å². The van der Waals surface area contributed by atoms with Crippen molar-refractivity contribution in [1.29, 1.82) is 0 Å². The van der Waals surface area contributed by atoms with Crippen LogP contribution in [0.3, 0.4) is 0 Å². The third-order valence-electron chi connectivity index (χ3n) is 3.51. The summed E-state index contributed by atoms with van der Waals surface area (Å²) in [7, 11) is 1.33. The molecule has 0 saturated heterocycles. The Morgan fingerprint density at radius 1 is 1.25 bits per heavy atom. The van der Waals surface area contributed by atoms with E-state index in [0.717, 1.165) is 12.8 Å². The lowest BCUT2D eigenvalue weighted by Gasteiger charge is -2.14. The van der Waals surface area contributed by atoms with Gasteiger partial charge in [0.25, 0.3) is 0 Å². The molecule has 0 amide bonds. The number of nitrogens with one attached hydrogen (secondary N) is 1. The molecule has 1 aliphatic rings. The van der Waals surface area contributed by atoms with Crippen LogP contribution in [0.25, 0.3) is 0 Å². The van der Waals surface area contributed by atoms with Crippen molar-refractivity contribution in [1.82, 2.24) is 10.2 Å². The zero-order valence-corrected chi connectivity index (χ0v) is 11.2. The zero-order chi connectivity index (χ0) is 13.9. The predicted octanol–water partition coefficient (Wildman–Crippen LogP) is 2.36. The largest absolute Gasteiger partial charge is 0.464 e. The van der Waals surface area contributed by atoms with Gasteiger partial charge in [-0.15, -0.1) is 10.2 Å². The minimum Gasteiger partial charge on any atom is -0.464 e. The molecule has 0 spiro atoms. The summed E-state index contributed by atoms with van der Waals surface area (Å²) in [6.45, 7) is 0. The van der Waals surface area contributed by atoms with Gasteiger partial charge in [0.05, 0.1) is 13.2 Å². The molecule has 0 aliphatic heterocycles. The van der Waals surface area contributed by atoms with E-state index >= 15 is 0 Å². The molecule has 1 atom stereocenters. The van der Waals surface area contributed by atoms with Crippen LogP contribution in [0.5, 0.6) is 0 Å². The lowest BCUT2D eigenvalue weighted by Crippen LogP contribution is -2.11. The number of fused-ring (bicyclic) bond motifs is 1. The molecule has 1 aliphatic carbocycles. The smallest absolute Gasteiger partial charge is 0.358 e. The van der Waals surface area contributed by atoms with Crippen LogP contribution in [0.4, 0.5) is 5.82 Å². The molecule has 0 fully saturated rings. The highest BCUT2D eigenvalue weighted by Crippen LogP contribution is 2.32. The molecule has 2 aromatic rings. The summed E-state index contributed by atoms with van der Waals surface area (Å²) in [6, 6.07) is 12.0. The van der Waals surface area contributed by atoms with Crippen LogP contribution in [0.1, 0.15) is 34.1 Å². The first kappa shape index (κ1) is 12.6. The molecular weight excluding hydrogens is 254 g/mol. The fourth-order valence-electron chi connectivity index (χ4n) is 2.51. The maximum atomic E-state index is 11.3. The Morgan fingerprint density at radius 2 is 2.10 bits per heavy atom. The molecular formula is C15H15N3O2. The fourth-order valence-corrected chi connectivity index (χ4v) is 2.51. The SMILES string of the molecule is COC(=O)c1ccc(N[C@H]2CCc3ccccc32)nn1. The second-order valence-electron chi connectivity index (χ2n) is 4.73. The first-order chi connectivity index (χ1) is 9.78. The van der Waals surface area contributed by atoms with Crippen LogP contribution in [0.15, 0.2) is 36.4 Å². The molecule has 1 aromatic carbocycles. The average molecular weight is 269 g/mol. The minimum atomic E-state index is -0.477. The summed E-state index contributed by atoms with van der Waals surface area (Å²) in [6.07, 6.45) is 2.11. The van der Waals surface area contributed by atoms with Crippen molar-refractivity contribution >= 4 is 11.8 Å². The zero-order valence-electron chi connectivity index (χ0n) is 11.2. The molecule has 5 nitrogen and oxygen atoms in total. The number of aryl methyl sites for hydroxylation is 1. The summed E-state index contributed by atoms with van der Waals surface area (Å²) in [4.78, 5) is 11.3. The Bertz CT molecular complexity index is 625. The van der Waals surface area contributed by atoms with Crippen molar-refractivity contribution in [2.24, 2.45) is 0 Å². The molecule has 0 radical (unpaired) electrons. The van der Waals surface area contributed by atoms with Crippen molar-refractivity contribution in [2.75, 3.05) is 12.4 Å². The van der Waals surface area contributed by atoms with E-state index in [0.29, 0.717) is 5.82 Å². The van der Waals surface area contributed by atoms with Gasteiger partial charge in [0, 0.05) is 0 Å². The Kier molecular flexibility index (Phi) is 3.33. The summed E-state index contributed by atoms with van der Waals surface area (Å²) < 4.78 is 4.59. The van der Waals surface area contributed by atoms with E-state index in [2.05, 4.69) is 38.5 Å². The van der Waals surface area contributed by atoms with Gasteiger partial charge in [-0.1, -0.05) is 24.3 Å². The molecule has 0 unspecified atom stereocenters. The van der Waals surface area contributed by atoms with E-state index in [1.807, 2.05) is 6.07 Å². The lowest BCUT2D eigenvalue weighted by atomic mass is 10.1. The standard InChI is InChI=1S/C15H15N3O2/c1-20-15(19)13-8-9-14(18-17-13)16-12-7-6-10-4-2-3-5-11(10)12/h2-5,8-9,12H,6-7H2,1H3,(H,16,18)/t12-/m0/s1. The van der Waals surface area contributed by atoms with Gasteiger partial charge in [-0.25, -0.2) is 4.79 Å². The lowest BCUT2D eigenvalue weighted by molar-refractivity contribution is 0.0593. The van der Waals surface area contributed by atoms with Gasteiger partial charge in [-0.3, -0.25) is 0 Å². The third kappa shape index (κ3) is 2.34. The van der Waals surface area contributed by atoms with Crippen molar-refractivity contribution in [3.05, 3.63) is 53.2 Å². The highest BCUT2D eigenvalue weighted by Gasteiger charge is 2.22. The number of nitrogens with zero attached hydrogens (tertiary/aromatic N) is 2. The van der Waals surface area contributed by atoms with Crippen molar-refractivity contribution < 1.29 is 9.53 Å². The average Bonchev–Trinajstić information content (AvgIpc) is 2.91. The topological polar surface area (TPSA) is 64.1 Å². The van der Waals surface area contributed by atoms with Gasteiger partial charge in [0.1, 0.15) is 5.82 Å². The quantitative estimate of drug-likeness (QED) is 0.867. The van der Waals surface area contributed by atoms with Gasteiger partial charge in [-0.2, -0.15) is 0 Å². The second kappa shape index (κ2) is 5.28. The first-order valence-corrected chi connectivity index (χ1v) is 6.54. The Balaban J connectivity index is 1.75.